The first-order chi connectivity index (χ1) is 9.02. The third kappa shape index (κ3) is 2.32. The number of benzene rings is 1. The molecule has 8 nitrogen and oxygen atoms in total. The molecule has 0 spiro atoms. The van der Waals surface area contributed by atoms with Crippen molar-refractivity contribution in [3.8, 4) is 0 Å². The molecule has 0 aliphatic rings. The van der Waals surface area contributed by atoms with Crippen LogP contribution >= 0.6 is 0 Å². The van der Waals surface area contributed by atoms with Gasteiger partial charge in [0.05, 0.1) is 0 Å². The molecule has 0 bridgehead atoms. The van der Waals surface area contributed by atoms with Crippen LogP contribution < -0.4 is 10.6 Å². The van der Waals surface area contributed by atoms with E-state index in [9.17, 15) is 9.59 Å². The molecule has 0 aliphatic heterocycles. The molecular weight excluding hydrogens is 250 g/mol. The van der Waals surface area contributed by atoms with E-state index in [1.807, 2.05) is 6.07 Å². The maximum absolute atomic E-state index is 12.3. The molecule has 8 heteroatoms. The van der Waals surface area contributed by atoms with Gasteiger partial charge in [0.2, 0.25) is 0 Å². The van der Waals surface area contributed by atoms with E-state index in [1.165, 1.54) is 4.90 Å². The highest BCUT2D eigenvalue weighted by atomic mass is 16.5. The number of carbonyl (C=O) groups is 1. The van der Waals surface area contributed by atoms with Crippen molar-refractivity contribution in [3.05, 3.63) is 40.8 Å². The van der Waals surface area contributed by atoms with Gasteiger partial charge in [-0.1, -0.05) is 18.2 Å². The fourth-order valence-corrected chi connectivity index (χ4v) is 1.68. The van der Waals surface area contributed by atoms with Gasteiger partial charge in [-0.15, -0.1) is 4.68 Å². The zero-order valence-electron chi connectivity index (χ0n) is 10.5. The van der Waals surface area contributed by atoms with E-state index in [0.717, 1.165) is 0 Å². The van der Waals surface area contributed by atoms with E-state index in [1.54, 1.807) is 38.1 Å². The number of tetrazole rings is 1. The second kappa shape index (κ2) is 4.92. The summed E-state index contributed by atoms with van der Waals surface area (Å²) in [5, 5.41) is 15.4. The molecule has 0 unspecified atom stereocenters. The Labute approximate surface area is 108 Å². The van der Waals surface area contributed by atoms with Crippen LogP contribution in [0, 0.1) is 0 Å². The summed E-state index contributed by atoms with van der Waals surface area (Å²) in [6.07, 6.45) is 0. The van der Waals surface area contributed by atoms with Crippen molar-refractivity contribution < 1.29 is 10.0 Å². The molecule has 1 heterocycles. The normalized spacial score (nSPS) is 10.7. The summed E-state index contributed by atoms with van der Waals surface area (Å²) in [5.74, 6) is 0. The Balaban J connectivity index is 2.44. The second-order valence-electron chi connectivity index (χ2n) is 4.14. The smallest absolute Gasteiger partial charge is 0.406 e. The molecule has 0 aliphatic carbocycles. The Morgan fingerprint density at radius 1 is 1.26 bits per heavy atom. The molecule has 0 fully saturated rings. The molecule has 0 saturated heterocycles. The summed E-state index contributed by atoms with van der Waals surface area (Å²) in [4.78, 5) is 25.2. The van der Waals surface area contributed by atoms with E-state index in [-0.39, 0.29) is 10.9 Å². The van der Waals surface area contributed by atoms with Gasteiger partial charge in [0.15, 0.2) is 0 Å². The van der Waals surface area contributed by atoms with Crippen LogP contribution in [-0.4, -0.2) is 37.2 Å². The minimum Gasteiger partial charge on any atom is -0.406 e. The summed E-state index contributed by atoms with van der Waals surface area (Å²) >= 11 is 0. The lowest BCUT2D eigenvalue weighted by Gasteiger charge is -2.25. The summed E-state index contributed by atoms with van der Waals surface area (Å²) in [5.41, 5.74) is -0.381. The predicted octanol–water partition coefficient (Wildman–Crippen LogP) is 0.560. The molecule has 0 radical (unpaired) electrons. The molecule has 0 saturated carbocycles. The van der Waals surface area contributed by atoms with Crippen LogP contribution in [0.25, 0.3) is 0 Å². The fraction of sp³-hybridized carbons (Fsp3) is 0.273. The Hall–Kier alpha value is -2.64. The monoisotopic (exact) mass is 263 g/mol. The van der Waals surface area contributed by atoms with Crippen molar-refractivity contribution in [3.63, 3.8) is 0 Å². The Bertz CT molecular complexity index is 631. The highest BCUT2D eigenvalue weighted by Crippen LogP contribution is 2.16. The number of para-hydroxylation sites is 1. The van der Waals surface area contributed by atoms with Crippen LogP contribution in [-0.2, 0) is 0 Å². The van der Waals surface area contributed by atoms with E-state index < -0.39 is 11.7 Å². The molecule has 100 valence electrons. The number of aromatic nitrogens is 4. The average molecular weight is 263 g/mol. The first-order valence-corrected chi connectivity index (χ1v) is 5.65. The molecule has 0 atom stereocenters. The molecular formula is C11H13N5O3. The molecule has 2 aromatic rings. The summed E-state index contributed by atoms with van der Waals surface area (Å²) in [7, 11) is 0. The maximum Gasteiger partial charge on any atom is 0.406 e. The molecule has 1 N–H and O–H groups in total. The van der Waals surface area contributed by atoms with Crippen molar-refractivity contribution in [1.82, 2.24) is 20.0 Å². The van der Waals surface area contributed by atoms with E-state index in [4.69, 9.17) is 5.21 Å². The highest BCUT2D eigenvalue weighted by molar-refractivity contribution is 5.93. The number of anilines is 1. The van der Waals surface area contributed by atoms with E-state index in [2.05, 4.69) is 10.4 Å². The minimum atomic E-state index is -1.01. The van der Waals surface area contributed by atoms with Gasteiger partial charge in [-0.05, 0) is 41.3 Å². The SMILES string of the molecule is CC(C)N(C(=O)n1nnn(O)c1=O)c1ccccc1. The highest BCUT2D eigenvalue weighted by Gasteiger charge is 2.24. The lowest BCUT2D eigenvalue weighted by molar-refractivity contribution is 0.133. The van der Waals surface area contributed by atoms with Crippen molar-refractivity contribution in [1.29, 1.82) is 0 Å². The van der Waals surface area contributed by atoms with Crippen LogP contribution in [0.2, 0.25) is 0 Å². The standard InChI is InChI=1S/C11H13N5O3/c1-8(2)14(9-6-4-3-5-7-9)10(17)15-11(18)16(19)13-12-15/h3-8,19H,1-2H3. The van der Waals surface area contributed by atoms with Gasteiger partial charge in [-0.3, -0.25) is 4.90 Å². The topological polar surface area (TPSA) is 93.2 Å². The van der Waals surface area contributed by atoms with Crippen molar-refractivity contribution in [2.45, 2.75) is 19.9 Å². The van der Waals surface area contributed by atoms with Gasteiger partial charge in [-0.25, -0.2) is 9.59 Å². The molecule has 2 rings (SSSR count). The number of amides is 1. The van der Waals surface area contributed by atoms with Gasteiger partial charge in [0.1, 0.15) is 0 Å². The van der Waals surface area contributed by atoms with Crippen molar-refractivity contribution in [2.24, 2.45) is 0 Å². The maximum atomic E-state index is 12.3. The zero-order valence-corrected chi connectivity index (χ0v) is 10.5. The Morgan fingerprint density at radius 3 is 2.37 bits per heavy atom. The van der Waals surface area contributed by atoms with Crippen LogP contribution in [0.15, 0.2) is 35.1 Å². The van der Waals surface area contributed by atoms with E-state index in [0.29, 0.717) is 10.4 Å². The lowest BCUT2D eigenvalue weighted by Crippen LogP contribution is -2.44. The van der Waals surface area contributed by atoms with E-state index >= 15 is 0 Å². The number of rotatable bonds is 2. The van der Waals surface area contributed by atoms with Gasteiger partial charge < -0.3 is 5.21 Å². The minimum absolute atomic E-state index is 0.0153. The first-order valence-electron chi connectivity index (χ1n) is 5.65. The first kappa shape index (κ1) is 12.8. The quantitative estimate of drug-likeness (QED) is 0.631. The van der Waals surface area contributed by atoms with Gasteiger partial charge in [-0.2, -0.15) is 0 Å². The Morgan fingerprint density at radius 2 is 1.89 bits per heavy atom. The third-order valence-corrected chi connectivity index (χ3v) is 2.50. The number of hydrogen-bond acceptors (Lipinski definition) is 5. The summed E-state index contributed by atoms with van der Waals surface area (Å²) < 4.78 is 0.507. The fourth-order valence-electron chi connectivity index (χ4n) is 1.68. The van der Waals surface area contributed by atoms with Gasteiger partial charge >= 0.3 is 11.7 Å². The molecule has 1 aromatic carbocycles. The molecule has 1 amide bonds. The number of hydrogen-bond donors (Lipinski definition) is 1. The zero-order chi connectivity index (χ0) is 14.0. The van der Waals surface area contributed by atoms with Crippen molar-refractivity contribution >= 4 is 11.7 Å². The predicted molar refractivity (Wildman–Crippen MR) is 66.3 cm³/mol. The molecule has 19 heavy (non-hydrogen) atoms. The Kier molecular flexibility index (Phi) is 3.32. The van der Waals surface area contributed by atoms with Crippen LogP contribution in [0.4, 0.5) is 10.5 Å². The average Bonchev–Trinajstić information content (AvgIpc) is 2.71. The largest absolute Gasteiger partial charge is 0.406 e. The number of carbonyl (C=O) groups excluding carboxylic acids is 1. The van der Waals surface area contributed by atoms with Crippen LogP contribution in [0.1, 0.15) is 13.8 Å². The summed E-state index contributed by atoms with van der Waals surface area (Å²) in [6, 6.07) is 8.01. The van der Waals surface area contributed by atoms with Gasteiger partial charge in [0.25, 0.3) is 0 Å². The third-order valence-electron chi connectivity index (χ3n) is 2.50. The van der Waals surface area contributed by atoms with Crippen molar-refractivity contribution in [2.75, 3.05) is 4.90 Å². The summed E-state index contributed by atoms with van der Waals surface area (Å²) in [6.45, 7) is 3.61. The van der Waals surface area contributed by atoms with Crippen LogP contribution in [0.3, 0.4) is 0 Å². The van der Waals surface area contributed by atoms with Crippen LogP contribution in [0.5, 0.6) is 0 Å². The molecule has 1 aromatic heterocycles. The second-order valence-corrected chi connectivity index (χ2v) is 4.14. The lowest BCUT2D eigenvalue weighted by atomic mass is 10.2. The number of nitrogens with zero attached hydrogens (tertiary/aromatic N) is 5. The van der Waals surface area contributed by atoms with Gasteiger partial charge in [0, 0.05) is 11.7 Å².